The van der Waals surface area contributed by atoms with E-state index in [4.69, 9.17) is 8.83 Å². The van der Waals surface area contributed by atoms with Gasteiger partial charge in [0.1, 0.15) is 22.3 Å². The Balaban J connectivity index is 0.571. The Morgan fingerprint density at radius 2 is 0.775 bits per heavy atom. The molecule has 0 spiro atoms. The monoisotopic (exact) mass is 1570 g/mol. The van der Waals surface area contributed by atoms with Gasteiger partial charge >= 0.3 is 0 Å². The summed E-state index contributed by atoms with van der Waals surface area (Å²) in [5.74, 6) is 0.411. The molecule has 0 fully saturated rings. The summed E-state index contributed by atoms with van der Waals surface area (Å²) >= 11 is 3.87. The van der Waals surface area contributed by atoms with Gasteiger partial charge in [-0.3, -0.25) is 0 Å². The van der Waals surface area contributed by atoms with Crippen LogP contribution in [-0.4, -0.2) is 5.25 Å². The van der Waals surface area contributed by atoms with Crippen LogP contribution in [0.4, 0.5) is 28.4 Å². The molecule has 3 atom stereocenters. The zero-order valence-electron chi connectivity index (χ0n) is 65.5. The number of rotatable bonds is 14. The Morgan fingerprint density at radius 3 is 1.52 bits per heavy atom. The van der Waals surface area contributed by atoms with Crippen LogP contribution in [0.3, 0.4) is 0 Å². The van der Waals surface area contributed by atoms with Crippen LogP contribution in [0.15, 0.2) is 426 Å². The molecule has 0 N–H and O–H groups in total. The van der Waals surface area contributed by atoms with Gasteiger partial charge in [0.15, 0.2) is 0 Å². The molecule has 0 bridgehead atoms. The molecule has 0 saturated carbocycles. The second-order valence-corrected chi connectivity index (χ2v) is 34.2. The Bertz CT molecular complexity index is 7990. The number of para-hydroxylation sites is 4. The minimum atomic E-state index is -0.0609. The standard InChI is InChI=1S/C114H74N2O2S2/c1-70(71-50-52-75(53-51-71)89-38-18-44-99-93-35-10-13-49-109(93)119-113(89)99)115(104-48-17-27-74-23-5-7-32-88(74)104)105-46-11-8-33-91(105)95-40-20-43-98-103-66-81-30-16-37-87(101(81)69-108(103)118-112(95)98)82-58-63-94-100-45-19-39-90(114(100)120-110(94)68-82)76-56-61-84(62-57-76)116(83-59-54-72(55-60-83)77-28-14-29-80(64-77)86-36-15-26-73-22-4-6-31-85(73)86)106-47-12-9-34-92(106)96-41-21-42-97-102-65-78-24-2-3-25-79(78)67-107(102)117-111(96)97/h2-70,93,109H,1H3/t70-,93?,109?/m1/s1. The van der Waals surface area contributed by atoms with Gasteiger partial charge in [0, 0.05) is 108 Å². The molecule has 0 radical (unpaired) electrons. The van der Waals surface area contributed by atoms with Crippen LogP contribution in [0.5, 0.6) is 0 Å². The smallest absolute Gasteiger partial charge is 0.143 e. The average molecular weight is 1570 g/mol. The number of hydrogen-bond acceptors (Lipinski definition) is 6. The molecule has 19 aromatic carbocycles. The molecule has 6 heteroatoms. The Hall–Kier alpha value is -14.5. The van der Waals surface area contributed by atoms with Crippen LogP contribution < -0.4 is 9.80 Å². The first-order valence-corrected chi connectivity index (χ1v) is 43.1. The number of thiophene rings is 1. The van der Waals surface area contributed by atoms with Gasteiger partial charge in [0.25, 0.3) is 0 Å². The molecular weight excluding hydrogens is 1490 g/mol. The van der Waals surface area contributed by atoms with E-state index in [2.05, 4.69) is 429 Å². The second-order valence-electron chi connectivity index (χ2n) is 32.0. The number of fused-ring (bicyclic) bond motifs is 16. The van der Waals surface area contributed by atoms with Gasteiger partial charge in [0.2, 0.25) is 0 Å². The first kappa shape index (κ1) is 69.7. The van der Waals surface area contributed by atoms with E-state index < -0.39 is 0 Å². The predicted molar refractivity (Wildman–Crippen MR) is 511 cm³/mol. The summed E-state index contributed by atoms with van der Waals surface area (Å²) in [6.45, 7) is 2.35. The van der Waals surface area contributed by atoms with Gasteiger partial charge in [-0.2, -0.15) is 0 Å². The van der Waals surface area contributed by atoms with E-state index in [1.807, 2.05) is 23.1 Å². The lowest BCUT2D eigenvalue weighted by atomic mass is 9.90. The molecule has 4 heterocycles. The lowest BCUT2D eigenvalue weighted by Crippen LogP contribution is -2.22. The van der Waals surface area contributed by atoms with E-state index in [0.29, 0.717) is 11.2 Å². The molecule has 2 aliphatic rings. The third-order valence-corrected chi connectivity index (χ3v) is 27.9. The minimum absolute atomic E-state index is 0.0609. The summed E-state index contributed by atoms with van der Waals surface area (Å²) in [5.41, 5.74) is 27.7. The van der Waals surface area contributed by atoms with Crippen LogP contribution in [0.1, 0.15) is 30.0 Å². The Kier molecular flexibility index (Phi) is 16.5. The van der Waals surface area contributed by atoms with E-state index in [1.54, 1.807) is 0 Å². The van der Waals surface area contributed by atoms with Crippen LogP contribution in [0, 0.1) is 0 Å². The predicted octanol–water partition coefficient (Wildman–Crippen LogP) is 33.2. The largest absolute Gasteiger partial charge is 0.455 e. The normalized spacial score (nSPS) is 14.1. The zero-order chi connectivity index (χ0) is 79.0. The lowest BCUT2D eigenvalue weighted by molar-refractivity contribution is 0.670. The summed E-state index contributed by atoms with van der Waals surface area (Å²) in [6.07, 6.45) is 9.12. The lowest BCUT2D eigenvalue weighted by Gasteiger charge is -2.34. The molecule has 1 aliphatic carbocycles. The van der Waals surface area contributed by atoms with Crippen molar-refractivity contribution in [2.24, 2.45) is 0 Å². The highest BCUT2D eigenvalue weighted by Gasteiger charge is 2.34. The van der Waals surface area contributed by atoms with E-state index in [-0.39, 0.29) is 6.04 Å². The van der Waals surface area contributed by atoms with Gasteiger partial charge in [-0.05, 0) is 190 Å². The van der Waals surface area contributed by atoms with Crippen LogP contribution in [-0.2, 0) is 0 Å². The molecule has 22 aromatic rings. The highest BCUT2D eigenvalue weighted by Crippen LogP contribution is 2.54. The van der Waals surface area contributed by atoms with Gasteiger partial charge in [0.05, 0.1) is 11.7 Å². The van der Waals surface area contributed by atoms with E-state index in [9.17, 15) is 0 Å². The summed E-state index contributed by atoms with van der Waals surface area (Å²) in [6, 6.07) is 143. The second kappa shape index (κ2) is 28.4. The molecule has 564 valence electrons. The van der Waals surface area contributed by atoms with Crippen molar-refractivity contribution in [2.45, 2.75) is 29.0 Å². The number of thioether (sulfide) groups is 1. The number of furan rings is 2. The summed E-state index contributed by atoms with van der Waals surface area (Å²) < 4.78 is 16.8. The van der Waals surface area contributed by atoms with Crippen molar-refractivity contribution in [1.29, 1.82) is 0 Å². The summed E-state index contributed by atoms with van der Waals surface area (Å²) in [7, 11) is 0. The summed E-state index contributed by atoms with van der Waals surface area (Å²) in [5, 5.41) is 16.8. The fourth-order valence-electron chi connectivity index (χ4n) is 19.4. The van der Waals surface area contributed by atoms with Gasteiger partial charge in [-0.1, -0.05) is 334 Å². The average Bonchev–Trinajstić information content (AvgIpc) is 1.58. The fraction of sp³-hybridized carbons (Fsp3) is 0.0351. The maximum Gasteiger partial charge on any atom is 0.143 e. The maximum atomic E-state index is 7.31. The summed E-state index contributed by atoms with van der Waals surface area (Å²) in [4.78, 5) is 6.36. The quantitative estimate of drug-likeness (QED) is 0.108. The molecule has 2 unspecified atom stereocenters. The highest BCUT2D eigenvalue weighted by molar-refractivity contribution is 8.00. The maximum absolute atomic E-state index is 7.31. The van der Waals surface area contributed by atoms with Crippen LogP contribution in [0.2, 0.25) is 0 Å². The molecule has 0 saturated heterocycles. The number of allylic oxidation sites excluding steroid dienone is 3. The molecule has 1 aliphatic heterocycles. The zero-order valence-corrected chi connectivity index (χ0v) is 67.2. The third kappa shape index (κ3) is 11.6. The molecular formula is C114H74N2O2S2. The van der Waals surface area contributed by atoms with Crippen molar-refractivity contribution < 1.29 is 8.83 Å². The molecule has 3 aromatic heterocycles. The van der Waals surface area contributed by atoms with Crippen molar-refractivity contribution in [3.05, 3.63) is 424 Å². The molecule has 24 rings (SSSR count). The van der Waals surface area contributed by atoms with Gasteiger partial charge in [-0.25, -0.2) is 0 Å². The van der Waals surface area contributed by atoms with Crippen molar-refractivity contribution in [1.82, 2.24) is 0 Å². The SMILES string of the molecule is C[C@H](c1ccc(-c2cccc3c2SC2C=CC=CC32)cc1)N(c1ccccc1-c1cccc2c1oc1cc3c(-c4ccc5c(c4)sc4c(-c6ccc(N(c7ccc(-c8cccc(-c9cccc%10ccccc9%10)c8)cc7)c7ccccc7-c7cccc8c7oc7cc9ccccc9cc78)cc6)cccc45)cccc3cc12)c1cccc2ccccc12. The third-order valence-electron chi connectivity index (χ3n) is 25.3. The number of nitrogens with zero attached hydrogens (tertiary/aromatic N) is 2. The van der Waals surface area contributed by atoms with E-state index >= 15 is 0 Å². The van der Waals surface area contributed by atoms with Gasteiger partial charge < -0.3 is 18.6 Å². The van der Waals surface area contributed by atoms with Crippen molar-refractivity contribution in [3.63, 3.8) is 0 Å². The first-order chi connectivity index (χ1) is 59.4. The first-order valence-electron chi connectivity index (χ1n) is 41.4. The van der Waals surface area contributed by atoms with E-state index in [0.717, 1.165) is 139 Å². The molecule has 4 nitrogen and oxygen atoms in total. The fourth-order valence-corrected chi connectivity index (χ4v) is 22.2. The molecule has 0 amide bonds. The Morgan fingerprint density at radius 1 is 0.292 bits per heavy atom. The minimum Gasteiger partial charge on any atom is -0.455 e. The van der Waals surface area contributed by atoms with Crippen molar-refractivity contribution in [3.8, 4) is 77.9 Å². The Labute approximate surface area is 702 Å². The van der Waals surface area contributed by atoms with Crippen LogP contribution in [0.25, 0.3) is 185 Å². The number of benzene rings is 19. The molecule has 120 heavy (non-hydrogen) atoms. The van der Waals surface area contributed by atoms with Crippen LogP contribution >= 0.6 is 23.1 Å². The van der Waals surface area contributed by atoms with Crippen molar-refractivity contribution >= 4 is 159 Å². The van der Waals surface area contributed by atoms with E-state index in [1.165, 1.54) is 90.9 Å². The number of hydrogen-bond donors (Lipinski definition) is 0. The van der Waals surface area contributed by atoms with Gasteiger partial charge in [-0.15, -0.1) is 23.1 Å². The number of anilines is 5. The van der Waals surface area contributed by atoms with Crippen molar-refractivity contribution in [2.75, 3.05) is 9.80 Å². The topological polar surface area (TPSA) is 32.8 Å². The highest BCUT2D eigenvalue weighted by atomic mass is 32.2.